The fourth-order valence-electron chi connectivity index (χ4n) is 2.53. The fraction of sp³-hybridized carbons (Fsp3) is 0.235. The van der Waals surface area contributed by atoms with Gasteiger partial charge in [-0.25, -0.2) is 9.59 Å². The van der Waals surface area contributed by atoms with Gasteiger partial charge in [-0.1, -0.05) is 59.1 Å². The summed E-state index contributed by atoms with van der Waals surface area (Å²) in [7, 11) is 2.24. The molecular formula is C17H13Cl3N2O4. The van der Waals surface area contributed by atoms with E-state index in [9.17, 15) is 14.9 Å². The number of hydrogen-bond donors (Lipinski definition) is 0. The van der Waals surface area contributed by atoms with E-state index in [4.69, 9.17) is 39.5 Å². The van der Waals surface area contributed by atoms with E-state index < -0.39 is 27.3 Å². The highest BCUT2D eigenvalue weighted by Gasteiger charge is 2.45. The summed E-state index contributed by atoms with van der Waals surface area (Å²) < 4.78 is 7.34. The Morgan fingerprint density at radius 3 is 2.38 bits per heavy atom. The number of nitrogens with zero attached hydrogens (tertiary/aromatic N) is 2. The minimum absolute atomic E-state index is 0.349. The van der Waals surface area contributed by atoms with Crippen molar-refractivity contribution in [3.63, 3.8) is 0 Å². The molecule has 26 heavy (non-hydrogen) atoms. The van der Waals surface area contributed by atoms with Crippen LogP contribution in [-0.4, -0.2) is 35.4 Å². The van der Waals surface area contributed by atoms with Crippen LogP contribution in [0.15, 0.2) is 41.2 Å². The lowest BCUT2D eigenvalue weighted by atomic mass is 9.93. The molecule has 2 rings (SSSR count). The van der Waals surface area contributed by atoms with Gasteiger partial charge in [-0.15, -0.1) is 0 Å². The molecule has 0 saturated heterocycles. The molecule has 1 aliphatic heterocycles. The first kappa shape index (κ1) is 20.1. The zero-order chi connectivity index (χ0) is 19.5. The molecule has 1 atom stereocenters. The van der Waals surface area contributed by atoms with Gasteiger partial charge in [0, 0.05) is 6.20 Å². The van der Waals surface area contributed by atoms with Crippen LogP contribution in [0.2, 0.25) is 0 Å². The van der Waals surface area contributed by atoms with Gasteiger partial charge in [0.25, 0.3) is 0 Å². The minimum Gasteiger partial charge on any atom is -0.465 e. The number of alkyl halides is 2. The van der Waals surface area contributed by atoms with Gasteiger partial charge in [0.05, 0.1) is 14.2 Å². The number of hydrogen-bond acceptors (Lipinski definition) is 6. The van der Waals surface area contributed by atoms with Crippen molar-refractivity contribution in [1.82, 2.24) is 4.90 Å². The number of fused-ring (bicyclic) bond motifs is 1. The van der Waals surface area contributed by atoms with Crippen molar-refractivity contribution in [2.24, 2.45) is 0 Å². The summed E-state index contributed by atoms with van der Waals surface area (Å²) in [6.45, 7) is 0. The highest BCUT2D eigenvalue weighted by atomic mass is 35.5. The van der Waals surface area contributed by atoms with E-state index in [1.165, 1.54) is 11.1 Å². The number of esters is 2. The smallest absolute Gasteiger partial charge is 0.356 e. The molecule has 0 amide bonds. The van der Waals surface area contributed by atoms with Crippen molar-refractivity contribution in [2.45, 2.75) is 10.4 Å². The molecule has 0 spiro atoms. The topological polar surface area (TPSA) is 79.6 Å². The highest BCUT2D eigenvalue weighted by Crippen LogP contribution is 2.46. The molecule has 0 aromatic heterocycles. The number of rotatable bonds is 4. The Morgan fingerprint density at radius 2 is 1.81 bits per heavy atom. The SMILES string of the molecule is COC(=O)/C(Cl)=C(\C(=O)OC)N1C=Cc2ccccc2C1C(Cl)(Cl)C#N. The number of halogens is 3. The van der Waals surface area contributed by atoms with Crippen molar-refractivity contribution in [3.8, 4) is 6.07 Å². The predicted octanol–water partition coefficient (Wildman–Crippen LogP) is 3.51. The lowest BCUT2D eigenvalue weighted by molar-refractivity contribution is -0.140. The van der Waals surface area contributed by atoms with Gasteiger partial charge < -0.3 is 14.4 Å². The summed E-state index contributed by atoms with van der Waals surface area (Å²) >= 11 is 18.5. The molecule has 136 valence electrons. The van der Waals surface area contributed by atoms with Crippen LogP contribution in [0.3, 0.4) is 0 Å². The molecule has 1 heterocycles. The molecule has 6 nitrogen and oxygen atoms in total. The van der Waals surface area contributed by atoms with Gasteiger partial charge in [0.15, 0.2) is 10.7 Å². The number of carbonyl (C=O) groups excluding carboxylic acids is 2. The second kappa shape index (κ2) is 8.00. The quantitative estimate of drug-likeness (QED) is 0.425. The van der Waals surface area contributed by atoms with Crippen LogP contribution in [0.4, 0.5) is 0 Å². The van der Waals surface area contributed by atoms with Gasteiger partial charge in [0.1, 0.15) is 12.1 Å². The third-order valence-corrected chi connectivity index (χ3v) is 4.60. The maximum atomic E-state index is 12.3. The van der Waals surface area contributed by atoms with Gasteiger partial charge in [-0.2, -0.15) is 5.26 Å². The summed E-state index contributed by atoms with van der Waals surface area (Å²) in [5.74, 6) is -1.87. The van der Waals surface area contributed by atoms with Crippen molar-refractivity contribution in [2.75, 3.05) is 14.2 Å². The third kappa shape index (κ3) is 3.65. The Labute approximate surface area is 165 Å². The number of benzene rings is 1. The Morgan fingerprint density at radius 1 is 1.19 bits per heavy atom. The lowest BCUT2D eigenvalue weighted by Crippen LogP contribution is -2.40. The van der Waals surface area contributed by atoms with Gasteiger partial charge in [-0.3, -0.25) is 0 Å². The molecule has 1 aromatic carbocycles. The normalized spacial score (nSPS) is 16.9. The average Bonchev–Trinajstić information content (AvgIpc) is 2.66. The first-order valence-electron chi connectivity index (χ1n) is 7.19. The summed E-state index contributed by atoms with van der Waals surface area (Å²) in [5, 5.41) is 8.91. The third-order valence-electron chi connectivity index (χ3n) is 3.69. The molecule has 1 aromatic rings. The van der Waals surface area contributed by atoms with Crippen LogP contribution in [0.25, 0.3) is 6.08 Å². The summed E-state index contributed by atoms with van der Waals surface area (Å²) in [5.41, 5.74) is 0.961. The monoisotopic (exact) mass is 414 g/mol. The van der Waals surface area contributed by atoms with E-state index in [1.807, 2.05) is 0 Å². The summed E-state index contributed by atoms with van der Waals surface area (Å²) in [6.07, 6.45) is 3.11. The first-order chi connectivity index (χ1) is 12.3. The zero-order valence-electron chi connectivity index (χ0n) is 13.7. The Bertz CT molecular complexity index is 843. The standard InChI is InChI=1S/C17H13Cl3N2O4/c1-25-15(23)12(18)13(16(24)26-2)22-8-7-10-5-3-4-6-11(10)14(22)17(19,20)9-21/h3-8,14H,1-2H3/b13-12-. The molecule has 0 saturated carbocycles. The molecule has 0 aliphatic carbocycles. The van der Waals surface area contributed by atoms with Crippen LogP contribution in [0.5, 0.6) is 0 Å². The van der Waals surface area contributed by atoms with Crippen molar-refractivity contribution in [1.29, 1.82) is 5.26 Å². The summed E-state index contributed by atoms with van der Waals surface area (Å²) in [6, 6.07) is 7.78. The van der Waals surface area contributed by atoms with Crippen LogP contribution in [0, 0.1) is 11.3 Å². The Kier molecular flexibility index (Phi) is 6.19. The van der Waals surface area contributed by atoms with E-state index in [2.05, 4.69) is 4.74 Å². The zero-order valence-corrected chi connectivity index (χ0v) is 16.0. The second-order valence-electron chi connectivity index (χ2n) is 5.13. The molecule has 1 aliphatic rings. The van der Waals surface area contributed by atoms with Crippen LogP contribution >= 0.6 is 34.8 Å². The maximum Gasteiger partial charge on any atom is 0.356 e. The van der Waals surface area contributed by atoms with E-state index in [0.717, 1.165) is 19.8 Å². The molecule has 0 bridgehead atoms. The Balaban J connectivity index is 2.74. The van der Waals surface area contributed by atoms with Gasteiger partial charge in [0.2, 0.25) is 4.33 Å². The maximum absolute atomic E-state index is 12.3. The van der Waals surface area contributed by atoms with E-state index >= 15 is 0 Å². The van der Waals surface area contributed by atoms with Crippen molar-refractivity contribution >= 4 is 52.8 Å². The van der Waals surface area contributed by atoms with Gasteiger partial charge in [-0.05, 0) is 17.2 Å². The molecule has 0 fully saturated rings. The largest absolute Gasteiger partial charge is 0.465 e. The highest BCUT2D eigenvalue weighted by molar-refractivity contribution is 6.51. The predicted molar refractivity (Wildman–Crippen MR) is 97.0 cm³/mol. The van der Waals surface area contributed by atoms with Crippen LogP contribution in [0.1, 0.15) is 17.2 Å². The number of carbonyl (C=O) groups is 2. The van der Waals surface area contributed by atoms with Crippen molar-refractivity contribution in [3.05, 3.63) is 52.3 Å². The van der Waals surface area contributed by atoms with Gasteiger partial charge >= 0.3 is 11.9 Å². The number of nitriles is 1. The van der Waals surface area contributed by atoms with Crippen LogP contribution in [-0.2, 0) is 19.1 Å². The second-order valence-corrected chi connectivity index (χ2v) is 6.90. The van der Waals surface area contributed by atoms with E-state index in [1.54, 1.807) is 36.4 Å². The molecular weight excluding hydrogens is 403 g/mol. The molecule has 0 radical (unpaired) electrons. The number of ether oxygens (including phenoxy) is 2. The van der Waals surface area contributed by atoms with E-state index in [0.29, 0.717) is 5.56 Å². The Hall–Kier alpha value is -2.20. The average molecular weight is 416 g/mol. The number of methoxy groups -OCH3 is 2. The minimum atomic E-state index is -1.96. The fourth-order valence-corrected chi connectivity index (χ4v) is 3.23. The van der Waals surface area contributed by atoms with Crippen molar-refractivity contribution < 1.29 is 19.1 Å². The molecule has 9 heteroatoms. The lowest BCUT2D eigenvalue weighted by Gasteiger charge is -2.39. The first-order valence-corrected chi connectivity index (χ1v) is 8.32. The van der Waals surface area contributed by atoms with Crippen LogP contribution < -0.4 is 0 Å². The van der Waals surface area contributed by atoms with E-state index in [-0.39, 0.29) is 5.70 Å². The summed E-state index contributed by atoms with van der Waals surface area (Å²) in [4.78, 5) is 25.4. The molecule has 0 N–H and O–H groups in total. The molecule has 1 unspecified atom stereocenters.